The minimum Gasteiger partial charge on any atom is -0.396 e. The molecule has 0 bridgehead atoms. The Morgan fingerprint density at radius 2 is 1.82 bits per heavy atom. The van der Waals surface area contributed by atoms with Crippen molar-refractivity contribution in [2.75, 3.05) is 5.73 Å². The summed E-state index contributed by atoms with van der Waals surface area (Å²) in [4.78, 5) is 12.0. The molecule has 0 saturated carbocycles. The number of benzene rings is 2. The van der Waals surface area contributed by atoms with E-state index in [1.165, 1.54) is 18.2 Å². The van der Waals surface area contributed by atoms with E-state index in [-0.39, 0.29) is 17.0 Å². The first-order valence-corrected chi connectivity index (χ1v) is 5.31. The lowest BCUT2D eigenvalue weighted by Crippen LogP contribution is -2.02. The van der Waals surface area contributed by atoms with Gasteiger partial charge in [-0.25, -0.2) is 4.39 Å². The van der Waals surface area contributed by atoms with Crippen LogP contribution in [0.5, 0.6) is 0 Å². The summed E-state index contributed by atoms with van der Waals surface area (Å²) >= 11 is 5.79. The van der Waals surface area contributed by atoms with Gasteiger partial charge in [-0.2, -0.15) is 0 Å². The summed E-state index contributed by atoms with van der Waals surface area (Å²) in [6, 6.07) is 10.5. The maximum atomic E-state index is 13.2. The maximum absolute atomic E-state index is 13.2. The number of carbonyl (C=O) groups excluding carboxylic acids is 1. The van der Waals surface area contributed by atoms with Crippen LogP contribution in [0.1, 0.15) is 15.9 Å². The lowest BCUT2D eigenvalue weighted by Gasteiger charge is -2.03. The molecule has 0 spiro atoms. The van der Waals surface area contributed by atoms with E-state index in [1.807, 2.05) is 0 Å². The Morgan fingerprint density at radius 1 is 1.12 bits per heavy atom. The normalized spacial score (nSPS) is 10.2. The van der Waals surface area contributed by atoms with Crippen LogP contribution in [0.2, 0.25) is 5.02 Å². The van der Waals surface area contributed by atoms with Crippen LogP contribution < -0.4 is 5.73 Å². The molecule has 0 heterocycles. The SMILES string of the molecule is Nc1ccc(C(=O)c2cccc(Cl)c2)cc1F. The average molecular weight is 250 g/mol. The van der Waals surface area contributed by atoms with E-state index in [0.717, 1.165) is 6.07 Å². The highest BCUT2D eigenvalue weighted by Gasteiger charge is 2.11. The minimum absolute atomic E-state index is 0.0210. The Kier molecular flexibility index (Phi) is 3.11. The third-order valence-corrected chi connectivity index (χ3v) is 2.58. The molecule has 0 aliphatic rings. The molecule has 86 valence electrons. The Morgan fingerprint density at radius 3 is 2.47 bits per heavy atom. The Balaban J connectivity index is 2.40. The molecule has 0 amide bonds. The smallest absolute Gasteiger partial charge is 0.193 e. The summed E-state index contributed by atoms with van der Waals surface area (Å²) < 4.78 is 13.2. The summed E-state index contributed by atoms with van der Waals surface area (Å²) in [6.07, 6.45) is 0. The van der Waals surface area contributed by atoms with Crippen molar-refractivity contribution >= 4 is 23.1 Å². The second-order valence-corrected chi connectivity index (χ2v) is 4.01. The monoisotopic (exact) mass is 249 g/mol. The second kappa shape index (κ2) is 4.55. The van der Waals surface area contributed by atoms with E-state index in [1.54, 1.807) is 18.2 Å². The predicted molar refractivity (Wildman–Crippen MR) is 65.7 cm³/mol. The Bertz CT molecular complexity index is 583. The van der Waals surface area contributed by atoms with Gasteiger partial charge in [-0.1, -0.05) is 23.7 Å². The molecule has 0 unspecified atom stereocenters. The van der Waals surface area contributed by atoms with Crippen molar-refractivity contribution in [3.05, 3.63) is 64.4 Å². The fourth-order valence-corrected chi connectivity index (χ4v) is 1.66. The van der Waals surface area contributed by atoms with Crippen molar-refractivity contribution < 1.29 is 9.18 Å². The molecule has 0 atom stereocenters. The molecule has 0 aliphatic carbocycles. The quantitative estimate of drug-likeness (QED) is 0.656. The molecule has 0 fully saturated rings. The molecular weight excluding hydrogens is 241 g/mol. The van der Waals surface area contributed by atoms with Crippen LogP contribution in [0, 0.1) is 5.82 Å². The van der Waals surface area contributed by atoms with Crippen molar-refractivity contribution in [1.29, 1.82) is 0 Å². The predicted octanol–water partition coefficient (Wildman–Crippen LogP) is 3.29. The lowest BCUT2D eigenvalue weighted by molar-refractivity contribution is 0.103. The number of hydrogen-bond donors (Lipinski definition) is 1. The van der Waals surface area contributed by atoms with Crippen LogP contribution in [0.4, 0.5) is 10.1 Å². The first-order chi connectivity index (χ1) is 8.08. The summed E-state index contributed by atoms with van der Waals surface area (Å²) in [5.74, 6) is -0.885. The van der Waals surface area contributed by atoms with Gasteiger partial charge in [0.05, 0.1) is 5.69 Å². The number of rotatable bonds is 2. The van der Waals surface area contributed by atoms with E-state index in [9.17, 15) is 9.18 Å². The number of nitrogens with two attached hydrogens (primary N) is 1. The van der Waals surface area contributed by atoms with Crippen LogP contribution >= 0.6 is 11.6 Å². The molecule has 2 nitrogen and oxygen atoms in total. The van der Waals surface area contributed by atoms with E-state index < -0.39 is 5.82 Å². The third kappa shape index (κ3) is 2.45. The van der Waals surface area contributed by atoms with Crippen molar-refractivity contribution in [1.82, 2.24) is 0 Å². The molecule has 2 aromatic carbocycles. The fourth-order valence-electron chi connectivity index (χ4n) is 1.46. The topological polar surface area (TPSA) is 43.1 Å². The molecule has 17 heavy (non-hydrogen) atoms. The van der Waals surface area contributed by atoms with Crippen molar-refractivity contribution in [3.8, 4) is 0 Å². The van der Waals surface area contributed by atoms with Crippen LogP contribution in [0.25, 0.3) is 0 Å². The van der Waals surface area contributed by atoms with Gasteiger partial charge in [-0.3, -0.25) is 4.79 Å². The zero-order valence-corrected chi connectivity index (χ0v) is 9.54. The van der Waals surface area contributed by atoms with E-state index >= 15 is 0 Å². The molecule has 0 aromatic heterocycles. The molecule has 2 rings (SSSR count). The van der Waals surface area contributed by atoms with Crippen molar-refractivity contribution in [3.63, 3.8) is 0 Å². The number of ketones is 1. The molecule has 4 heteroatoms. The van der Waals surface area contributed by atoms with Crippen LogP contribution in [-0.2, 0) is 0 Å². The van der Waals surface area contributed by atoms with Gasteiger partial charge in [0.15, 0.2) is 5.78 Å². The van der Waals surface area contributed by atoms with Crippen molar-refractivity contribution in [2.45, 2.75) is 0 Å². The van der Waals surface area contributed by atoms with E-state index in [2.05, 4.69) is 0 Å². The zero-order valence-electron chi connectivity index (χ0n) is 8.78. The standard InChI is InChI=1S/C13H9ClFNO/c14-10-3-1-2-8(6-10)13(17)9-4-5-12(16)11(15)7-9/h1-7H,16H2. The number of halogens is 2. The van der Waals surface area contributed by atoms with Gasteiger partial charge in [0.25, 0.3) is 0 Å². The molecule has 2 N–H and O–H groups in total. The zero-order chi connectivity index (χ0) is 12.4. The molecule has 0 saturated heterocycles. The van der Waals surface area contributed by atoms with Gasteiger partial charge < -0.3 is 5.73 Å². The van der Waals surface area contributed by atoms with Gasteiger partial charge in [0, 0.05) is 16.1 Å². The highest BCUT2D eigenvalue weighted by Crippen LogP contribution is 2.17. The highest BCUT2D eigenvalue weighted by atomic mass is 35.5. The number of anilines is 1. The highest BCUT2D eigenvalue weighted by molar-refractivity contribution is 6.31. The first kappa shape index (κ1) is 11.6. The van der Waals surface area contributed by atoms with Crippen molar-refractivity contribution in [2.24, 2.45) is 0 Å². The third-order valence-electron chi connectivity index (χ3n) is 2.35. The molecule has 0 aliphatic heterocycles. The minimum atomic E-state index is -0.599. The largest absolute Gasteiger partial charge is 0.396 e. The number of hydrogen-bond acceptors (Lipinski definition) is 2. The summed E-state index contributed by atoms with van der Waals surface area (Å²) in [6.45, 7) is 0. The second-order valence-electron chi connectivity index (χ2n) is 3.58. The van der Waals surface area contributed by atoms with Gasteiger partial charge in [0.1, 0.15) is 5.82 Å². The summed E-state index contributed by atoms with van der Waals surface area (Å²) in [7, 11) is 0. The summed E-state index contributed by atoms with van der Waals surface area (Å²) in [5.41, 5.74) is 6.03. The van der Waals surface area contributed by atoms with Crippen LogP contribution in [0.3, 0.4) is 0 Å². The van der Waals surface area contributed by atoms with Gasteiger partial charge >= 0.3 is 0 Å². The van der Waals surface area contributed by atoms with E-state index in [0.29, 0.717) is 10.6 Å². The first-order valence-electron chi connectivity index (χ1n) is 4.93. The molecule has 0 radical (unpaired) electrons. The number of nitrogen functional groups attached to an aromatic ring is 1. The summed E-state index contributed by atoms with van der Waals surface area (Å²) in [5, 5.41) is 0.465. The molecular formula is C13H9ClFNO. The maximum Gasteiger partial charge on any atom is 0.193 e. The average Bonchev–Trinajstić information content (AvgIpc) is 2.32. The van der Waals surface area contributed by atoms with Crippen LogP contribution in [-0.4, -0.2) is 5.78 Å². The Labute approximate surface area is 103 Å². The lowest BCUT2D eigenvalue weighted by atomic mass is 10.0. The van der Waals surface area contributed by atoms with Gasteiger partial charge in [0.2, 0.25) is 0 Å². The van der Waals surface area contributed by atoms with E-state index in [4.69, 9.17) is 17.3 Å². The van der Waals surface area contributed by atoms with Gasteiger partial charge in [-0.15, -0.1) is 0 Å². The molecule has 2 aromatic rings. The fraction of sp³-hybridized carbons (Fsp3) is 0. The Hall–Kier alpha value is -1.87. The number of carbonyl (C=O) groups is 1. The van der Waals surface area contributed by atoms with Crippen LogP contribution in [0.15, 0.2) is 42.5 Å². The van der Waals surface area contributed by atoms with Gasteiger partial charge in [-0.05, 0) is 30.3 Å².